The fourth-order valence-corrected chi connectivity index (χ4v) is 2.57. The molecule has 0 radical (unpaired) electrons. The molecule has 0 saturated heterocycles. The number of nitrogens with one attached hydrogen (secondary N) is 1. The molecule has 0 aliphatic heterocycles. The Hall–Kier alpha value is -3.35. The molecule has 1 N–H and O–H groups in total. The highest BCUT2D eigenvalue weighted by atomic mass is 19.1. The lowest BCUT2D eigenvalue weighted by Crippen LogP contribution is -1.90. The van der Waals surface area contributed by atoms with E-state index in [9.17, 15) is 8.78 Å². The quantitative estimate of drug-likeness (QED) is 0.618. The van der Waals surface area contributed by atoms with Crippen molar-refractivity contribution in [1.29, 1.82) is 0 Å². The zero-order valence-electron chi connectivity index (χ0n) is 13.2. The molecule has 0 fully saturated rings. The molecular formula is C18H13F2N5. The second kappa shape index (κ2) is 5.94. The highest BCUT2D eigenvalue weighted by Crippen LogP contribution is 2.27. The summed E-state index contributed by atoms with van der Waals surface area (Å²) in [4.78, 5) is 4.10. The van der Waals surface area contributed by atoms with Crippen molar-refractivity contribution in [2.24, 2.45) is 7.05 Å². The van der Waals surface area contributed by atoms with Gasteiger partial charge in [-0.25, -0.2) is 13.8 Å². The van der Waals surface area contributed by atoms with Crippen LogP contribution in [0.25, 0.3) is 34.4 Å². The molecule has 2 heterocycles. The van der Waals surface area contributed by atoms with Crippen LogP contribution in [-0.4, -0.2) is 25.0 Å². The number of halogens is 2. The molecule has 7 heteroatoms. The van der Waals surface area contributed by atoms with E-state index in [0.717, 1.165) is 10.9 Å². The van der Waals surface area contributed by atoms with Crippen molar-refractivity contribution in [3.63, 3.8) is 0 Å². The van der Waals surface area contributed by atoms with Gasteiger partial charge >= 0.3 is 0 Å². The van der Waals surface area contributed by atoms with Crippen molar-refractivity contribution in [3.8, 4) is 11.4 Å². The number of hydrogen-bond donors (Lipinski definition) is 1. The summed E-state index contributed by atoms with van der Waals surface area (Å²) in [6.07, 6.45) is 5.13. The number of aromatic nitrogens is 5. The predicted molar refractivity (Wildman–Crippen MR) is 91.4 cm³/mol. The van der Waals surface area contributed by atoms with Crippen LogP contribution in [0.1, 0.15) is 11.3 Å². The lowest BCUT2D eigenvalue weighted by Gasteiger charge is -1.99. The monoisotopic (exact) mass is 337 g/mol. The SMILES string of the molecule is Cn1cnc(-c2cc3c(/C=C/c4ccc(F)cc4)n[nH]c3cc2F)n1. The Bertz CT molecular complexity index is 1080. The van der Waals surface area contributed by atoms with Crippen molar-refractivity contribution in [2.45, 2.75) is 0 Å². The fraction of sp³-hybridized carbons (Fsp3) is 0.0556. The molecule has 2 aromatic heterocycles. The molecule has 2 aromatic carbocycles. The van der Waals surface area contributed by atoms with Gasteiger partial charge in [0.15, 0.2) is 5.82 Å². The van der Waals surface area contributed by atoms with E-state index in [1.165, 1.54) is 29.2 Å². The van der Waals surface area contributed by atoms with Crippen LogP contribution in [0.4, 0.5) is 8.78 Å². The fourth-order valence-electron chi connectivity index (χ4n) is 2.57. The summed E-state index contributed by atoms with van der Waals surface area (Å²) in [5, 5.41) is 11.9. The van der Waals surface area contributed by atoms with Crippen molar-refractivity contribution in [3.05, 3.63) is 65.6 Å². The number of H-pyrrole nitrogens is 1. The van der Waals surface area contributed by atoms with Gasteiger partial charge in [-0.05, 0) is 29.8 Å². The highest BCUT2D eigenvalue weighted by molar-refractivity contribution is 5.92. The Morgan fingerprint density at radius 1 is 1.08 bits per heavy atom. The van der Waals surface area contributed by atoms with E-state index in [1.807, 2.05) is 6.08 Å². The third kappa shape index (κ3) is 2.91. The van der Waals surface area contributed by atoms with Gasteiger partial charge in [0, 0.05) is 18.5 Å². The third-order valence-corrected chi connectivity index (χ3v) is 3.82. The molecule has 4 rings (SSSR count). The smallest absolute Gasteiger partial charge is 0.184 e. The summed E-state index contributed by atoms with van der Waals surface area (Å²) < 4.78 is 28.8. The molecular weight excluding hydrogens is 324 g/mol. The molecule has 0 spiro atoms. The summed E-state index contributed by atoms with van der Waals surface area (Å²) in [6, 6.07) is 9.18. The minimum atomic E-state index is -0.420. The van der Waals surface area contributed by atoms with E-state index in [1.54, 1.807) is 31.3 Å². The van der Waals surface area contributed by atoms with E-state index >= 15 is 0 Å². The van der Waals surface area contributed by atoms with E-state index < -0.39 is 5.82 Å². The molecule has 0 saturated carbocycles. The summed E-state index contributed by atoms with van der Waals surface area (Å²) in [6.45, 7) is 0. The van der Waals surface area contributed by atoms with Gasteiger partial charge in [0.2, 0.25) is 0 Å². The molecule has 5 nitrogen and oxygen atoms in total. The Morgan fingerprint density at radius 2 is 1.88 bits per heavy atom. The first-order valence-electron chi connectivity index (χ1n) is 7.57. The van der Waals surface area contributed by atoms with Gasteiger partial charge in [0.1, 0.15) is 18.0 Å². The average molecular weight is 337 g/mol. The topological polar surface area (TPSA) is 59.4 Å². The Morgan fingerprint density at radius 3 is 2.60 bits per heavy atom. The first kappa shape index (κ1) is 15.2. The minimum Gasteiger partial charge on any atom is -0.277 e. The van der Waals surface area contributed by atoms with Crippen molar-refractivity contribution in [2.75, 3.05) is 0 Å². The number of nitrogens with zero attached hydrogens (tertiary/aromatic N) is 4. The highest BCUT2D eigenvalue weighted by Gasteiger charge is 2.14. The Labute approximate surface area is 141 Å². The summed E-state index contributed by atoms with van der Waals surface area (Å²) in [5.41, 5.74) is 2.38. The van der Waals surface area contributed by atoms with Gasteiger partial charge < -0.3 is 0 Å². The maximum absolute atomic E-state index is 14.3. The van der Waals surface area contributed by atoms with Crippen LogP contribution in [0.2, 0.25) is 0 Å². The van der Waals surface area contributed by atoms with Gasteiger partial charge in [0.25, 0.3) is 0 Å². The van der Waals surface area contributed by atoms with Gasteiger partial charge in [0.05, 0.1) is 16.8 Å². The summed E-state index contributed by atoms with van der Waals surface area (Å²) in [7, 11) is 1.72. The zero-order chi connectivity index (χ0) is 17.4. The minimum absolute atomic E-state index is 0.287. The number of aromatic amines is 1. The van der Waals surface area contributed by atoms with E-state index in [4.69, 9.17) is 0 Å². The van der Waals surface area contributed by atoms with E-state index in [-0.39, 0.29) is 5.82 Å². The lowest BCUT2D eigenvalue weighted by molar-refractivity contribution is 0.627. The standard InChI is InChI=1S/C18H13F2N5/c1-25-10-21-18(24-25)13-8-14-16(22-23-17(14)9-15(13)20)7-4-11-2-5-12(19)6-3-11/h2-10H,1H3,(H,22,23)/b7-4+. The first-order valence-corrected chi connectivity index (χ1v) is 7.57. The molecule has 0 atom stereocenters. The predicted octanol–water partition coefficient (Wildman–Crippen LogP) is 3.81. The van der Waals surface area contributed by atoms with Gasteiger partial charge in [-0.15, -0.1) is 0 Å². The van der Waals surface area contributed by atoms with Crippen LogP contribution in [0.3, 0.4) is 0 Å². The Kier molecular flexibility index (Phi) is 3.61. The van der Waals surface area contributed by atoms with Crippen LogP contribution in [0.5, 0.6) is 0 Å². The van der Waals surface area contributed by atoms with Crippen molar-refractivity contribution < 1.29 is 8.78 Å². The normalized spacial score (nSPS) is 11.6. The largest absolute Gasteiger partial charge is 0.277 e. The molecule has 0 amide bonds. The number of rotatable bonds is 3. The Balaban J connectivity index is 1.76. The molecule has 0 aliphatic carbocycles. The molecule has 0 bridgehead atoms. The zero-order valence-corrected chi connectivity index (χ0v) is 13.2. The molecule has 124 valence electrons. The number of hydrogen-bond acceptors (Lipinski definition) is 3. The summed E-state index contributed by atoms with van der Waals surface area (Å²) in [5.74, 6) is -0.390. The number of fused-ring (bicyclic) bond motifs is 1. The molecule has 0 aliphatic rings. The molecule has 0 unspecified atom stereocenters. The van der Waals surface area contributed by atoms with Crippen LogP contribution in [0.15, 0.2) is 42.7 Å². The van der Waals surface area contributed by atoms with Crippen molar-refractivity contribution in [1.82, 2.24) is 25.0 Å². The van der Waals surface area contributed by atoms with Gasteiger partial charge in [-0.1, -0.05) is 18.2 Å². The summed E-state index contributed by atoms with van der Waals surface area (Å²) >= 11 is 0. The van der Waals surface area contributed by atoms with Crippen LogP contribution < -0.4 is 0 Å². The maximum atomic E-state index is 14.3. The second-order valence-corrected chi connectivity index (χ2v) is 5.61. The third-order valence-electron chi connectivity index (χ3n) is 3.82. The van der Waals surface area contributed by atoms with Gasteiger partial charge in [-0.3, -0.25) is 9.78 Å². The van der Waals surface area contributed by atoms with Gasteiger partial charge in [-0.2, -0.15) is 10.2 Å². The molecule has 4 aromatic rings. The number of benzene rings is 2. The van der Waals surface area contributed by atoms with E-state index in [2.05, 4.69) is 20.3 Å². The van der Waals surface area contributed by atoms with Crippen LogP contribution in [-0.2, 0) is 7.05 Å². The average Bonchev–Trinajstić information content (AvgIpc) is 3.19. The first-order chi connectivity index (χ1) is 12.1. The lowest BCUT2D eigenvalue weighted by atomic mass is 10.1. The number of aryl methyl sites for hydroxylation is 1. The maximum Gasteiger partial charge on any atom is 0.184 e. The van der Waals surface area contributed by atoms with Crippen LogP contribution >= 0.6 is 0 Å². The van der Waals surface area contributed by atoms with E-state index in [0.29, 0.717) is 22.6 Å². The second-order valence-electron chi connectivity index (χ2n) is 5.61. The van der Waals surface area contributed by atoms with Crippen molar-refractivity contribution >= 4 is 23.1 Å². The van der Waals surface area contributed by atoms with Crippen LogP contribution in [0, 0.1) is 11.6 Å². The molecule has 25 heavy (non-hydrogen) atoms.